The summed E-state index contributed by atoms with van der Waals surface area (Å²) >= 11 is 0. The molecule has 0 aromatic rings. The Bertz CT molecular complexity index is 373. The van der Waals surface area contributed by atoms with Crippen LogP contribution in [0.25, 0.3) is 0 Å². The van der Waals surface area contributed by atoms with E-state index in [1.807, 2.05) is 7.05 Å². The molecule has 1 saturated heterocycles. The first-order valence-corrected chi connectivity index (χ1v) is 8.51. The highest BCUT2D eigenvalue weighted by molar-refractivity contribution is 5.86. The molecule has 2 rings (SSSR count). The third-order valence-electron chi connectivity index (χ3n) is 5.68. The lowest BCUT2D eigenvalue weighted by Gasteiger charge is -2.36. The summed E-state index contributed by atoms with van der Waals surface area (Å²) in [5.74, 6) is 1.03. The molecule has 0 radical (unpaired) electrons. The summed E-state index contributed by atoms with van der Waals surface area (Å²) in [4.78, 5) is 14.5. The summed E-state index contributed by atoms with van der Waals surface area (Å²) in [7, 11) is 1.89. The van der Waals surface area contributed by atoms with Gasteiger partial charge >= 0.3 is 0 Å². The molecule has 21 heavy (non-hydrogen) atoms. The molecule has 0 aromatic heterocycles. The van der Waals surface area contributed by atoms with Crippen LogP contribution >= 0.6 is 0 Å². The first-order valence-electron chi connectivity index (χ1n) is 8.51. The largest absolute Gasteiger partial charge is 0.368 e. The SMILES string of the molecule is CNC(CN1CCCC(C(C)(C)C)CC1)(C(N)=O)C1CC1. The topological polar surface area (TPSA) is 58.4 Å². The van der Waals surface area contributed by atoms with Crippen molar-refractivity contribution in [1.82, 2.24) is 10.2 Å². The van der Waals surface area contributed by atoms with E-state index < -0.39 is 5.54 Å². The maximum Gasteiger partial charge on any atom is 0.239 e. The zero-order valence-electron chi connectivity index (χ0n) is 14.2. The lowest BCUT2D eigenvalue weighted by atomic mass is 9.77. The first-order chi connectivity index (χ1) is 9.79. The number of rotatable bonds is 5. The number of likely N-dealkylation sites (N-methyl/N-ethyl adjacent to an activating group) is 1. The van der Waals surface area contributed by atoms with Gasteiger partial charge in [0.15, 0.2) is 0 Å². The van der Waals surface area contributed by atoms with Gasteiger partial charge in [-0.1, -0.05) is 20.8 Å². The molecule has 4 nitrogen and oxygen atoms in total. The highest BCUT2D eigenvalue weighted by atomic mass is 16.1. The molecule has 0 bridgehead atoms. The average Bonchev–Trinajstić information content (AvgIpc) is 3.21. The molecular formula is C17H33N3O. The van der Waals surface area contributed by atoms with E-state index in [-0.39, 0.29) is 5.91 Å². The fourth-order valence-electron chi connectivity index (χ4n) is 3.92. The average molecular weight is 295 g/mol. The molecule has 1 heterocycles. The molecule has 0 aromatic carbocycles. The van der Waals surface area contributed by atoms with E-state index in [0.29, 0.717) is 11.3 Å². The van der Waals surface area contributed by atoms with Gasteiger partial charge in [-0.05, 0) is 69.5 Å². The maximum atomic E-state index is 12.1. The van der Waals surface area contributed by atoms with Crippen LogP contribution in [-0.4, -0.2) is 43.0 Å². The van der Waals surface area contributed by atoms with E-state index in [4.69, 9.17) is 5.73 Å². The summed E-state index contributed by atoms with van der Waals surface area (Å²) < 4.78 is 0. The van der Waals surface area contributed by atoms with Crippen molar-refractivity contribution in [3.8, 4) is 0 Å². The van der Waals surface area contributed by atoms with Crippen LogP contribution in [0.4, 0.5) is 0 Å². The summed E-state index contributed by atoms with van der Waals surface area (Å²) in [6.07, 6.45) is 6.01. The number of carbonyl (C=O) groups excluding carboxylic acids is 1. The van der Waals surface area contributed by atoms with E-state index in [9.17, 15) is 4.79 Å². The van der Waals surface area contributed by atoms with Crippen molar-refractivity contribution in [2.75, 3.05) is 26.7 Å². The number of primary amides is 1. The smallest absolute Gasteiger partial charge is 0.239 e. The molecular weight excluding hydrogens is 262 g/mol. The van der Waals surface area contributed by atoms with Gasteiger partial charge in [0.1, 0.15) is 5.54 Å². The van der Waals surface area contributed by atoms with E-state index in [1.165, 1.54) is 19.3 Å². The summed E-state index contributed by atoms with van der Waals surface area (Å²) in [6, 6.07) is 0. The molecule has 2 unspecified atom stereocenters. The molecule has 3 N–H and O–H groups in total. The van der Waals surface area contributed by atoms with E-state index >= 15 is 0 Å². The molecule has 1 aliphatic carbocycles. The minimum Gasteiger partial charge on any atom is -0.368 e. The van der Waals surface area contributed by atoms with Crippen LogP contribution in [0.5, 0.6) is 0 Å². The second-order valence-electron chi connectivity index (χ2n) is 8.13. The number of amides is 1. The Morgan fingerprint density at radius 3 is 2.29 bits per heavy atom. The van der Waals surface area contributed by atoms with Gasteiger partial charge < -0.3 is 16.0 Å². The number of nitrogens with two attached hydrogens (primary N) is 1. The van der Waals surface area contributed by atoms with Gasteiger partial charge in [-0.2, -0.15) is 0 Å². The van der Waals surface area contributed by atoms with Crippen LogP contribution in [0.15, 0.2) is 0 Å². The van der Waals surface area contributed by atoms with Crippen LogP contribution in [0.1, 0.15) is 52.9 Å². The molecule has 4 heteroatoms. The van der Waals surface area contributed by atoms with Crippen LogP contribution in [0.2, 0.25) is 0 Å². The molecule has 2 aliphatic rings. The highest BCUT2D eigenvalue weighted by Gasteiger charge is 2.49. The van der Waals surface area contributed by atoms with Gasteiger partial charge in [0.25, 0.3) is 0 Å². The van der Waals surface area contributed by atoms with E-state index in [0.717, 1.165) is 38.4 Å². The Kier molecular flexibility index (Phi) is 4.99. The second-order valence-corrected chi connectivity index (χ2v) is 8.13. The van der Waals surface area contributed by atoms with Crippen LogP contribution in [-0.2, 0) is 4.79 Å². The van der Waals surface area contributed by atoms with Crippen LogP contribution < -0.4 is 11.1 Å². The number of hydrogen-bond donors (Lipinski definition) is 2. The first kappa shape index (κ1) is 16.8. The number of hydrogen-bond acceptors (Lipinski definition) is 3. The molecule has 122 valence electrons. The molecule has 2 atom stereocenters. The third kappa shape index (κ3) is 3.78. The lowest BCUT2D eigenvalue weighted by Crippen LogP contribution is -2.62. The summed E-state index contributed by atoms with van der Waals surface area (Å²) in [5, 5.41) is 3.27. The van der Waals surface area contributed by atoms with Gasteiger partial charge in [0, 0.05) is 6.54 Å². The number of nitrogens with one attached hydrogen (secondary N) is 1. The van der Waals surface area contributed by atoms with Crippen LogP contribution in [0.3, 0.4) is 0 Å². The zero-order valence-corrected chi connectivity index (χ0v) is 14.2. The second kappa shape index (κ2) is 6.25. The van der Waals surface area contributed by atoms with Gasteiger partial charge in [-0.15, -0.1) is 0 Å². The predicted octanol–water partition coefficient (Wildman–Crippen LogP) is 1.99. The Hall–Kier alpha value is -0.610. The monoisotopic (exact) mass is 295 g/mol. The van der Waals surface area contributed by atoms with Crippen molar-refractivity contribution in [2.45, 2.75) is 58.4 Å². The summed E-state index contributed by atoms with van der Waals surface area (Å²) in [5.41, 5.74) is 5.62. The van der Waals surface area contributed by atoms with Crippen molar-refractivity contribution in [3.63, 3.8) is 0 Å². The fourth-order valence-corrected chi connectivity index (χ4v) is 3.92. The Labute approximate surface area is 129 Å². The minimum atomic E-state index is -0.512. The van der Waals surface area contributed by atoms with E-state index in [2.05, 4.69) is 31.0 Å². The zero-order chi connectivity index (χ0) is 15.7. The number of likely N-dealkylation sites (tertiary alicyclic amines) is 1. The fraction of sp³-hybridized carbons (Fsp3) is 0.941. The molecule has 2 fully saturated rings. The van der Waals surface area contributed by atoms with Crippen molar-refractivity contribution in [3.05, 3.63) is 0 Å². The van der Waals surface area contributed by atoms with Crippen LogP contribution in [0, 0.1) is 17.3 Å². The molecule has 1 saturated carbocycles. The van der Waals surface area contributed by atoms with Crippen molar-refractivity contribution in [2.24, 2.45) is 23.0 Å². The lowest BCUT2D eigenvalue weighted by molar-refractivity contribution is -0.126. The van der Waals surface area contributed by atoms with Gasteiger partial charge in [-0.25, -0.2) is 0 Å². The number of carbonyl (C=O) groups is 1. The molecule has 0 spiro atoms. The molecule has 1 aliphatic heterocycles. The third-order valence-corrected chi connectivity index (χ3v) is 5.68. The van der Waals surface area contributed by atoms with Gasteiger partial charge in [0.2, 0.25) is 5.91 Å². The quantitative estimate of drug-likeness (QED) is 0.815. The van der Waals surface area contributed by atoms with Crippen molar-refractivity contribution < 1.29 is 4.79 Å². The summed E-state index contributed by atoms with van der Waals surface area (Å²) in [6.45, 7) is 10.00. The Morgan fingerprint density at radius 1 is 1.14 bits per heavy atom. The maximum absolute atomic E-state index is 12.1. The highest BCUT2D eigenvalue weighted by Crippen LogP contribution is 2.41. The Balaban J connectivity index is 2.00. The van der Waals surface area contributed by atoms with Crippen molar-refractivity contribution >= 4 is 5.91 Å². The predicted molar refractivity (Wildman–Crippen MR) is 86.9 cm³/mol. The van der Waals surface area contributed by atoms with Gasteiger partial charge in [0.05, 0.1) is 0 Å². The molecule has 1 amide bonds. The van der Waals surface area contributed by atoms with Crippen molar-refractivity contribution in [1.29, 1.82) is 0 Å². The standard InChI is InChI=1S/C17H33N3O/c1-16(2,3)13-6-5-10-20(11-9-13)12-17(19-4,15(18)21)14-7-8-14/h13-14,19H,5-12H2,1-4H3,(H2,18,21). The Morgan fingerprint density at radius 2 is 1.81 bits per heavy atom. The minimum absolute atomic E-state index is 0.177. The number of nitrogens with zero attached hydrogens (tertiary/aromatic N) is 1. The van der Waals surface area contributed by atoms with E-state index in [1.54, 1.807) is 0 Å². The normalized spacial score (nSPS) is 27.9. The van der Waals surface area contributed by atoms with Gasteiger partial charge in [-0.3, -0.25) is 4.79 Å².